The number of halogens is 2. The third-order valence-electron chi connectivity index (χ3n) is 6.67. The summed E-state index contributed by atoms with van der Waals surface area (Å²) in [6.07, 6.45) is -3.88. The number of hydrogen-bond donors (Lipinski definition) is 2. The van der Waals surface area contributed by atoms with Crippen molar-refractivity contribution in [2.24, 2.45) is 0 Å². The largest absolute Gasteiger partial charge is 0.403 e. The second-order valence-corrected chi connectivity index (χ2v) is 14.3. The van der Waals surface area contributed by atoms with Crippen molar-refractivity contribution in [2.75, 3.05) is 12.3 Å². The van der Waals surface area contributed by atoms with Crippen LogP contribution in [0.5, 0.6) is 0 Å². The quantitative estimate of drug-likeness (QED) is 0.472. The first-order valence-corrected chi connectivity index (χ1v) is 13.5. The highest BCUT2D eigenvalue weighted by atomic mass is 28.4. The predicted molar refractivity (Wildman–Crippen MR) is 136 cm³/mol. The number of anilines is 1. The first-order valence-electron chi connectivity index (χ1n) is 11.6. The van der Waals surface area contributed by atoms with Gasteiger partial charge in [0.1, 0.15) is 11.9 Å². The molecule has 0 bridgehead atoms. The maximum absolute atomic E-state index is 15.4. The van der Waals surface area contributed by atoms with Crippen molar-refractivity contribution in [1.82, 2.24) is 9.55 Å². The van der Waals surface area contributed by atoms with E-state index in [2.05, 4.69) is 4.98 Å². The number of aliphatic hydroxyl groups excluding tert-OH is 1. The van der Waals surface area contributed by atoms with Crippen molar-refractivity contribution in [2.45, 2.75) is 49.7 Å². The van der Waals surface area contributed by atoms with Crippen LogP contribution in [0, 0.1) is 11.3 Å². The fourth-order valence-electron chi connectivity index (χ4n) is 4.84. The molecule has 0 aliphatic carbocycles. The second kappa shape index (κ2) is 9.46. The molecule has 2 heterocycles. The number of nitrogen functional groups attached to an aromatic ring is 1. The number of ether oxygens (including phenoxy) is 1. The molecule has 3 atom stereocenters. The summed E-state index contributed by atoms with van der Waals surface area (Å²) in [5, 5.41) is 22.0. The third kappa shape index (κ3) is 4.36. The Bertz CT molecular complexity index is 1320. The minimum absolute atomic E-state index is 0.162. The van der Waals surface area contributed by atoms with Crippen molar-refractivity contribution < 1.29 is 23.1 Å². The standard InChI is InChI=1S/C26H28F2N4O4Si/c1-24(2,3)37(18-10-6-4-7-11-18,19-12-8-5-9-13-19)35-17-25(16-29)21(33)26(27,28)22(36-25)32-15-14-20(30)31-23(32)34/h4-15,21-22,33H,17H2,1-3H3,(H2,30,31,34)/t21-,22-,25-/m1/s1. The summed E-state index contributed by atoms with van der Waals surface area (Å²) in [6.45, 7) is 5.30. The highest BCUT2D eigenvalue weighted by molar-refractivity contribution is 6.99. The van der Waals surface area contributed by atoms with Gasteiger partial charge >= 0.3 is 11.6 Å². The van der Waals surface area contributed by atoms with E-state index in [1.165, 1.54) is 0 Å². The van der Waals surface area contributed by atoms with Crippen LogP contribution >= 0.6 is 0 Å². The van der Waals surface area contributed by atoms with E-state index in [-0.39, 0.29) is 5.82 Å². The van der Waals surface area contributed by atoms with Crippen molar-refractivity contribution in [3.63, 3.8) is 0 Å². The smallest absolute Gasteiger partial charge is 0.351 e. The number of nitrogens with two attached hydrogens (primary N) is 1. The van der Waals surface area contributed by atoms with Crippen LogP contribution in [0.3, 0.4) is 0 Å². The second-order valence-electron chi connectivity index (χ2n) is 10.0. The summed E-state index contributed by atoms with van der Waals surface area (Å²) >= 11 is 0. The average Bonchev–Trinajstić information content (AvgIpc) is 3.06. The zero-order chi connectivity index (χ0) is 27.1. The number of nitriles is 1. The Labute approximate surface area is 214 Å². The van der Waals surface area contributed by atoms with E-state index in [4.69, 9.17) is 14.9 Å². The molecule has 194 valence electrons. The summed E-state index contributed by atoms with van der Waals surface area (Å²) in [4.78, 5) is 15.8. The molecular weight excluding hydrogens is 498 g/mol. The Morgan fingerprint density at radius 2 is 1.68 bits per heavy atom. The fourth-order valence-corrected chi connectivity index (χ4v) is 9.43. The molecule has 0 unspecified atom stereocenters. The van der Waals surface area contributed by atoms with Crippen LogP contribution in [0.4, 0.5) is 14.6 Å². The van der Waals surface area contributed by atoms with Crippen LogP contribution in [0.1, 0.15) is 27.0 Å². The third-order valence-corrected chi connectivity index (χ3v) is 11.7. The molecule has 3 aromatic rings. The zero-order valence-electron chi connectivity index (χ0n) is 20.6. The Balaban J connectivity index is 1.81. The van der Waals surface area contributed by atoms with Gasteiger partial charge in [-0.2, -0.15) is 19.0 Å². The lowest BCUT2D eigenvalue weighted by atomic mass is 9.97. The van der Waals surface area contributed by atoms with Crippen molar-refractivity contribution >= 4 is 24.5 Å². The maximum atomic E-state index is 15.4. The molecule has 1 aromatic heterocycles. The van der Waals surface area contributed by atoms with Gasteiger partial charge in [-0.1, -0.05) is 81.4 Å². The van der Waals surface area contributed by atoms with E-state index < -0.39 is 49.5 Å². The van der Waals surface area contributed by atoms with E-state index in [1.807, 2.05) is 81.4 Å². The monoisotopic (exact) mass is 526 g/mol. The van der Waals surface area contributed by atoms with Crippen molar-refractivity contribution in [1.29, 1.82) is 5.26 Å². The molecule has 1 aliphatic heterocycles. The highest BCUT2D eigenvalue weighted by Gasteiger charge is 2.68. The Kier molecular flexibility index (Phi) is 6.81. The molecule has 0 spiro atoms. The van der Waals surface area contributed by atoms with Crippen LogP contribution in [-0.4, -0.2) is 47.2 Å². The van der Waals surface area contributed by atoms with Crippen molar-refractivity contribution in [3.8, 4) is 6.07 Å². The van der Waals surface area contributed by atoms with Gasteiger partial charge in [-0.15, -0.1) is 0 Å². The Morgan fingerprint density at radius 3 is 2.14 bits per heavy atom. The molecule has 2 aromatic carbocycles. The van der Waals surface area contributed by atoms with Gasteiger partial charge < -0.3 is 20.0 Å². The summed E-state index contributed by atoms with van der Waals surface area (Å²) in [5.41, 5.74) is 1.91. The molecule has 0 amide bonds. The molecule has 1 saturated heterocycles. The first kappa shape index (κ1) is 26.6. The molecule has 4 rings (SSSR count). The SMILES string of the molecule is CC(C)(C)[Si](OC[C@@]1(C#N)O[C@@H](n2ccc(N)nc2=O)C(F)(F)[C@@H]1O)(c1ccccc1)c1ccccc1. The molecule has 3 N–H and O–H groups in total. The van der Waals surface area contributed by atoms with Crippen LogP contribution < -0.4 is 21.8 Å². The van der Waals surface area contributed by atoms with Gasteiger partial charge in [0.2, 0.25) is 11.8 Å². The van der Waals surface area contributed by atoms with Gasteiger partial charge in [-0.3, -0.25) is 4.57 Å². The lowest BCUT2D eigenvalue weighted by molar-refractivity contribution is -0.141. The van der Waals surface area contributed by atoms with Gasteiger partial charge in [-0.05, 0) is 21.5 Å². The van der Waals surface area contributed by atoms with E-state index in [9.17, 15) is 15.2 Å². The summed E-state index contributed by atoms with van der Waals surface area (Å²) < 4.78 is 43.4. The highest BCUT2D eigenvalue weighted by Crippen LogP contribution is 2.48. The number of rotatable bonds is 6. The molecule has 1 fully saturated rings. The topological polar surface area (TPSA) is 123 Å². The van der Waals surface area contributed by atoms with Gasteiger partial charge in [0.25, 0.3) is 8.32 Å². The minimum Gasteiger partial charge on any atom is -0.403 e. The van der Waals surface area contributed by atoms with Crippen LogP contribution in [0.25, 0.3) is 0 Å². The molecular formula is C26H28F2N4O4Si. The number of aliphatic hydroxyl groups is 1. The van der Waals surface area contributed by atoms with E-state index in [0.717, 1.165) is 22.6 Å². The van der Waals surface area contributed by atoms with Crippen LogP contribution in [0.2, 0.25) is 5.04 Å². The summed E-state index contributed by atoms with van der Waals surface area (Å²) in [6, 6.07) is 21.7. The normalized spacial score (nSPS) is 23.5. The van der Waals surface area contributed by atoms with Gasteiger partial charge in [0.05, 0.1) is 6.61 Å². The number of alkyl halides is 2. The number of hydrogen-bond acceptors (Lipinski definition) is 7. The minimum atomic E-state index is -4.01. The Hall–Kier alpha value is -3.43. The number of aromatic nitrogens is 2. The van der Waals surface area contributed by atoms with Gasteiger partial charge in [0.15, 0.2) is 6.10 Å². The summed E-state index contributed by atoms with van der Waals surface area (Å²) in [7, 11) is -3.26. The average molecular weight is 527 g/mol. The van der Waals surface area contributed by atoms with E-state index in [0.29, 0.717) is 4.57 Å². The van der Waals surface area contributed by atoms with E-state index >= 15 is 8.78 Å². The molecule has 8 nitrogen and oxygen atoms in total. The number of nitrogens with zero attached hydrogens (tertiary/aromatic N) is 3. The molecule has 0 radical (unpaired) electrons. The Morgan fingerprint density at radius 1 is 1.14 bits per heavy atom. The van der Waals surface area contributed by atoms with Crippen LogP contribution in [-0.2, 0) is 9.16 Å². The van der Waals surface area contributed by atoms with E-state index in [1.54, 1.807) is 6.07 Å². The van der Waals surface area contributed by atoms with Crippen molar-refractivity contribution in [3.05, 3.63) is 83.4 Å². The van der Waals surface area contributed by atoms with Crippen LogP contribution in [0.15, 0.2) is 77.7 Å². The number of benzene rings is 2. The lowest BCUT2D eigenvalue weighted by Gasteiger charge is -2.44. The fraction of sp³-hybridized carbons (Fsp3) is 0.346. The molecule has 0 saturated carbocycles. The lowest BCUT2D eigenvalue weighted by Crippen LogP contribution is -2.68. The van der Waals surface area contributed by atoms with Gasteiger partial charge in [-0.25, -0.2) is 4.79 Å². The predicted octanol–water partition coefficient (Wildman–Crippen LogP) is 2.19. The maximum Gasteiger partial charge on any atom is 0.351 e. The van der Waals surface area contributed by atoms with Gasteiger partial charge in [0, 0.05) is 6.20 Å². The summed E-state index contributed by atoms with van der Waals surface area (Å²) in [5.74, 6) is -4.17. The molecule has 1 aliphatic rings. The zero-order valence-corrected chi connectivity index (χ0v) is 21.6. The molecule has 37 heavy (non-hydrogen) atoms. The molecule has 11 heteroatoms. The first-order chi connectivity index (χ1) is 17.4.